The first kappa shape index (κ1) is 17.6. The third-order valence-electron chi connectivity index (χ3n) is 3.40. The molecule has 0 radical (unpaired) electrons. The molecule has 0 fully saturated rings. The van der Waals surface area contributed by atoms with Gasteiger partial charge in [0.1, 0.15) is 5.82 Å². The van der Waals surface area contributed by atoms with Gasteiger partial charge in [-0.05, 0) is 36.8 Å². The summed E-state index contributed by atoms with van der Waals surface area (Å²) in [5.74, 6) is -1.87. The highest BCUT2D eigenvalue weighted by Crippen LogP contribution is 2.15. The van der Waals surface area contributed by atoms with Gasteiger partial charge < -0.3 is 10.4 Å². The second-order valence-corrected chi connectivity index (χ2v) is 5.24. The Morgan fingerprint density at radius 1 is 1.21 bits per heavy atom. The number of benzene rings is 1. The fourth-order valence-corrected chi connectivity index (χ4v) is 2.24. The summed E-state index contributed by atoms with van der Waals surface area (Å²) < 4.78 is 14.1. The number of carbonyl (C=O) groups excluding carboxylic acids is 2. The van der Waals surface area contributed by atoms with E-state index in [1.807, 2.05) is 0 Å². The first-order chi connectivity index (χ1) is 11.4. The zero-order valence-corrected chi connectivity index (χ0v) is 13.0. The van der Waals surface area contributed by atoms with Gasteiger partial charge in [0.2, 0.25) is 0 Å². The van der Waals surface area contributed by atoms with Crippen LogP contribution in [0, 0.1) is 12.7 Å². The Morgan fingerprint density at radius 3 is 2.50 bits per heavy atom. The molecule has 1 aromatic carbocycles. The molecule has 1 amide bonds. The Labute approximate surface area is 137 Å². The van der Waals surface area contributed by atoms with E-state index in [-0.39, 0.29) is 18.7 Å². The average Bonchev–Trinajstić information content (AvgIpc) is 2.56. The molecule has 0 unspecified atom stereocenters. The van der Waals surface area contributed by atoms with Crippen molar-refractivity contribution in [1.82, 2.24) is 9.88 Å². The number of aliphatic hydroxyl groups is 1. The van der Waals surface area contributed by atoms with Crippen LogP contribution in [-0.4, -0.2) is 34.5 Å². The van der Waals surface area contributed by atoms with Crippen molar-refractivity contribution in [3.8, 4) is 0 Å². The van der Waals surface area contributed by atoms with E-state index in [0.29, 0.717) is 5.56 Å². The number of nitrogens with zero attached hydrogens (tertiary/aromatic N) is 1. The lowest BCUT2D eigenvalue weighted by molar-refractivity contribution is -0.123. The van der Waals surface area contributed by atoms with Crippen LogP contribution in [0.15, 0.2) is 47.4 Å². The van der Waals surface area contributed by atoms with E-state index in [4.69, 9.17) is 5.11 Å². The van der Waals surface area contributed by atoms with E-state index in [1.165, 1.54) is 24.4 Å². The van der Waals surface area contributed by atoms with Gasteiger partial charge in [-0.15, -0.1) is 0 Å². The SMILES string of the molecule is Cc1ccc(=O)n([C@@H](C(=O)NCCO)C(=O)c2ccc(F)cc2)c1. The number of rotatable bonds is 6. The number of ketones is 1. The Balaban J connectivity index is 2.48. The molecule has 0 aliphatic heterocycles. The van der Waals surface area contributed by atoms with Gasteiger partial charge in [-0.3, -0.25) is 19.0 Å². The van der Waals surface area contributed by atoms with E-state index < -0.39 is 29.1 Å². The standard InChI is InChI=1S/C17H17FN2O4/c1-11-2-7-14(22)20(10-11)15(17(24)19-8-9-21)16(23)12-3-5-13(18)6-4-12/h2-7,10,15,21H,8-9H2,1H3,(H,19,24)/t15-/m1/s1. The van der Waals surface area contributed by atoms with Crippen LogP contribution in [0.4, 0.5) is 4.39 Å². The third-order valence-corrected chi connectivity index (χ3v) is 3.40. The van der Waals surface area contributed by atoms with Crippen LogP contribution >= 0.6 is 0 Å². The minimum absolute atomic E-state index is 0.0490. The fourth-order valence-electron chi connectivity index (χ4n) is 2.24. The summed E-state index contributed by atoms with van der Waals surface area (Å²) in [7, 11) is 0. The number of carbonyl (C=O) groups is 2. The van der Waals surface area contributed by atoms with E-state index >= 15 is 0 Å². The molecular formula is C17H17FN2O4. The number of aromatic nitrogens is 1. The predicted octanol–water partition coefficient (Wildman–Crippen LogP) is 0.828. The lowest BCUT2D eigenvalue weighted by atomic mass is 10.0. The lowest BCUT2D eigenvalue weighted by Gasteiger charge is -2.18. The average molecular weight is 332 g/mol. The molecule has 0 aliphatic rings. The van der Waals surface area contributed by atoms with Gasteiger partial charge in [0.15, 0.2) is 11.8 Å². The number of Topliss-reactive ketones (excluding diaryl/α,β-unsaturated/α-hetero) is 1. The van der Waals surface area contributed by atoms with Gasteiger partial charge in [0.25, 0.3) is 11.5 Å². The molecule has 0 aliphatic carbocycles. The highest BCUT2D eigenvalue weighted by atomic mass is 19.1. The molecule has 126 valence electrons. The Hall–Kier alpha value is -2.80. The van der Waals surface area contributed by atoms with Gasteiger partial charge in [0, 0.05) is 24.4 Å². The van der Waals surface area contributed by atoms with Crippen LogP contribution in [0.5, 0.6) is 0 Å². The highest BCUT2D eigenvalue weighted by molar-refractivity contribution is 6.11. The second-order valence-electron chi connectivity index (χ2n) is 5.24. The Kier molecular flexibility index (Phi) is 5.59. The molecule has 0 spiro atoms. The van der Waals surface area contributed by atoms with Gasteiger partial charge in [-0.2, -0.15) is 0 Å². The number of nitrogens with one attached hydrogen (secondary N) is 1. The maximum Gasteiger partial charge on any atom is 0.251 e. The van der Waals surface area contributed by atoms with Crippen molar-refractivity contribution in [2.45, 2.75) is 13.0 Å². The number of aryl methyl sites for hydroxylation is 1. The van der Waals surface area contributed by atoms with Crippen molar-refractivity contribution in [2.24, 2.45) is 0 Å². The summed E-state index contributed by atoms with van der Waals surface area (Å²) in [6, 6.07) is 6.12. The summed E-state index contributed by atoms with van der Waals surface area (Å²) >= 11 is 0. The lowest BCUT2D eigenvalue weighted by Crippen LogP contribution is -2.42. The fraction of sp³-hybridized carbons (Fsp3) is 0.235. The molecule has 2 N–H and O–H groups in total. The van der Waals surface area contributed by atoms with Crippen molar-refractivity contribution in [3.63, 3.8) is 0 Å². The van der Waals surface area contributed by atoms with Gasteiger partial charge in [-0.25, -0.2) is 4.39 Å². The van der Waals surface area contributed by atoms with Crippen LogP contribution in [-0.2, 0) is 4.79 Å². The normalized spacial score (nSPS) is 11.8. The quantitative estimate of drug-likeness (QED) is 0.606. The molecule has 1 heterocycles. The number of amides is 1. The summed E-state index contributed by atoms with van der Waals surface area (Å²) in [6.45, 7) is 1.37. The second kappa shape index (κ2) is 7.65. The number of pyridine rings is 1. The number of hydrogen-bond acceptors (Lipinski definition) is 4. The largest absolute Gasteiger partial charge is 0.395 e. The summed E-state index contributed by atoms with van der Waals surface area (Å²) in [6.07, 6.45) is 1.41. The summed E-state index contributed by atoms with van der Waals surface area (Å²) in [4.78, 5) is 37.2. The van der Waals surface area contributed by atoms with Crippen molar-refractivity contribution < 1.29 is 19.1 Å². The number of halogens is 1. The predicted molar refractivity (Wildman–Crippen MR) is 85.3 cm³/mol. The zero-order valence-electron chi connectivity index (χ0n) is 13.0. The molecule has 24 heavy (non-hydrogen) atoms. The van der Waals surface area contributed by atoms with E-state index in [0.717, 1.165) is 16.7 Å². The first-order valence-electron chi connectivity index (χ1n) is 7.31. The number of hydrogen-bond donors (Lipinski definition) is 2. The van der Waals surface area contributed by atoms with Crippen molar-refractivity contribution in [1.29, 1.82) is 0 Å². The maximum absolute atomic E-state index is 13.0. The molecular weight excluding hydrogens is 315 g/mol. The van der Waals surface area contributed by atoms with Crippen molar-refractivity contribution >= 4 is 11.7 Å². The van der Waals surface area contributed by atoms with E-state index in [1.54, 1.807) is 13.0 Å². The number of aliphatic hydroxyl groups excluding tert-OH is 1. The Morgan fingerprint density at radius 2 is 1.88 bits per heavy atom. The van der Waals surface area contributed by atoms with Gasteiger partial charge >= 0.3 is 0 Å². The third kappa shape index (κ3) is 3.94. The molecule has 0 saturated carbocycles. The van der Waals surface area contributed by atoms with Crippen LogP contribution in [0.2, 0.25) is 0 Å². The minimum atomic E-state index is -1.44. The van der Waals surface area contributed by atoms with Gasteiger partial charge in [-0.1, -0.05) is 6.07 Å². The van der Waals surface area contributed by atoms with Crippen LogP contribution in [0.25, 0.3) is 0 Å². The van der Waals surface area contributed by atoms with Crippen molar-refractivity contribution in [3.05, 3.63) is 69.9 Å². The van der Waals surface area contributed by atoms with E-state index in [9.17, 15) is 18.8 Å². The molecule has 2 rings (SSSR count). The molecule has 0 saturated heterocycles. The van der Waals surface area contributed by atoms with Crippen LogP contribution < -0.4 is 10.9 Å². The van der Waals surface area contributed by atoms with Crippen molar-refractivity contribution in [2.75, 3.05) is 13.2 Å². The highest BCUT2D eigenvalue weighted by Gasteiger charge is 2.30. The Bertz CT molecular complexity index is 799. The zero-order chi connectivity index (χ0) is 17.7. The molecule has 7 heteroatoms. The van der Waals surface area contributed by atoms with Crippen LogP contribution in [0.3, 0.4) is 0 Å². The van der Waals surface area contributed by atoms with Crippen LogP contribution in [0.1, 0.15) is 22.0 Å². The monoisotopic (exact) mass is 332 g/mol. The molecule has 0 bridgehead atoms. The topological polar surface area (TPSA) is 88.4 Å². The van der Waals surface area contributed by atoms with E-state index in [2.05, 4.69) is 5.32 Å². The molecule has 2 aromatic rings. The molecule has 1 atom stereocenters. The molecule has 6 nitrogen and oxygen atoms in total. The minimum Gasteiger partial charge on any atom is -0.395 e. The maximum atomic E-state index is 13.0. The summed E-state index contributed by atoms with van der Waals surface area (Å²) in [5, 5.41) is 11.2. The summed E-state index contributed by atoms with van der Waals surface area (Å²) in [5.41, 5.74) is 0.288. The molecule has 1 aromatic heterocycles. The van der Waals surface area contributed by atoms with Gasteiger partial charge in [0.05, 0.1) is 6.61 Å². The smallest absolute Gasteiger partial charge is 0.251 e. The first-order valence-corrected chi connectivity index (χ1v) is 7.31.